The van der Waals surface area contributed by atoms with Crippen molar-refractivity contribution in [2.45, 2.75) is 31.9 Å². The van der Waals surface area contributed by atoms with Crippen molar-refractivity contribution in [3.05, 3.63) is 21.8 Å². The van der Waals surface area contributed by atoms with Crippen LogP contribution in [0.5, 0.6) is 0 Å². The molecule has 1 fully saturated rings. The molecule has 0 aromatic heterocycles. The molecule has 3 nitrogen and oxygen atoms in total. The molecule has 0 heterocycles. The number of benzene rings is 1. The first kappa shape index (κ1) is 12.0. The van der Waals surface area contributed by atoms with Crippen molar-refractivity contribution in [3.63, 3.8) is 0 Å². The van der Waals surface area contributed by atoms with Gasteiger partial charge in [0, 0.05) is 16.2 Å². The molecule has 0 unspecified atom stereocenters. The van der Waals surface area contributed by atoms with Crippen molar-refractivity contribution in [2.24, 2.45) is 0 Å². The van der Waals surface area contributed by atoms with E-state index in [0.29, 0.717) is 12.1 Å². The lowest BCUT2D eigenvalue weighted by Gasteiger charge is -2.36. The van der Waals surface area contributed by atoms with Gasteiger partial charge < -0.3 is 15.8 Å². The maximum atomic E-state index is 5.94. The average Bonchev–Trinajstić information content (AvgIpc) is 2.18. The van der Waals surface area contributed by atoms with Gasteiger partial charge in [0.25, 0.3) is 0 Å². The van der Waals surface area contributed by atoms with Gasteiger partial charge >= 0.3 is 0 Å². The molecule has 0 radical (unpaired) electrons. The van der Waals surface area contributed by atoms with Crippen molar-refractivity contribution < 1.29 is 4.74 Å². The molecule has 1 saturated carbocycles. The lowest BCUT2D eigenvalue weighted by atomic mass is 9.89. The predicted octanol–water partition coefficient (Wildman–Crippen LogP) is 2.85. The minimum Gasteiger partial charge on any atom is -0.397 e. The first-order chi connectivity index (χ1) is 7.69. The summed E-state index contributed by atoms with van der Waals surface area (Å²) in [6, 6.07) is 6.61. The van der Waals surface area contributed by atoms with Gasteiger partial charge in [-0.3, -0.25) is 0 Å². The van der Waals surface area contributed by atoms with Gasteiger partial charge in [-0.25, -0.2) is 0 Å². The van der Waals surface area contributed by atoms with Gasteiger partial charge in [-0.15, -0.1) is 0 Å². The van der Waals surface area contributed by atoms with E-state index in [2.05, 4.69) is 34.0 Å². The maximum absolute atomic E-state index is 5.94. The zero-order chi connectivity index (χ0) is 11.5. The van der Waals surface area contributed by atoms with Crippen LogP contribution in [0.15, 0.2) is 18.2 Å². The average molecular weight is 332 g/mol. The number of nitrogens with one attached hydrogen (secondary N) is 1. The molecule has 0 amide bonds. The van der Waals surface area contributed by atoms with E-state index in [-0.39, 0.29) is 0 Å². The number of nitrogens with two attached hydrogens (primary N) is 1. The molecule has 1 aromatic carbocycles. The van der Waals surface area contributed by atoms with Crippen molar-refractivity contribution in [1.29, 1.82) is 0 Å². The first-order valence-electron chi connectivity index (χ1n) is 5.62. The second-order valence-corrected chi connectivity index (χ2v) is 5.37. The minimum absolute atomic E-state index is 0.438. The van der Waals surface area contributed by atoms with Crippen LogP contribution in [0.25, 0.3) is 0 Å². The number of rotatable bonds is 4. The van der Waals surface area contributed by atoms with Crippen molar-refractivity contribution >= 4 is 34.0 Å². The zero-order valence-corrected chi connectivity index (χ0v) is 11.5. The van der Waals surface area contributed by atoms with E-state index in [4.69, 9.17) is 10.5 Å². The first-order valence-corrected chi connectivity index (χ1v) is 6.70. The summed E-state index contributed by atoms with van der Waals surface area (Å²) in [4.78, 5) is 0. The number of halogens is 1. The van der Waals surface area contributed by atoms with E-state index < -0.39 is 0 Å². The SMILES string of the molecule is CCOC1CC(Nc2ccc(I)cc2N)C1. The molecule has 0 bridgehead atoms. The fraction of sp³-hybridized carbons (Fsp3) is 0.500. The Balaban J connectivity index is 1.87. The number of hydrogen-bond donors (Lipinski definition) is 2. The van der Waals surface area contributed by atoms with Gasteiger partial charge in [0.2, 0.25) is 0 Å². The fourth-order valence-corrected chi connectivity index (χ4v) is 2.46. The third-order valence-corrected chi connectivity index (χ3v) is 3.54. The molecule has 0 spiro atoms. The topological polar surface area (TPSA) is 47.3 Å². The zero-order valence-electron chi connectivity index (χ0n) is 9.37. The third kappa shape index (κ3) is 2.79. The number of ether oxygens (including phenoxy) is 1. The standard InChI is InChI=1S/C12H17IN2O/c1-2-16-10-6-9(7-10)15-12-4-3-8(13)5-11(12)14/h3-5,9-10,15H,2,6-7,14H2,1H3. The highest BCUT2D eigenvalue weighted by molar-refractivity contribution is 14.1. The Bertz CT molecular complexity index is 364. The van der Waals surface area contributed by atoms with Gasteiger partial charge in [0.15, 0.2) is 0 Å². The summed E-state index contributed by atoms with van der Waals surface area (Å²) < 4.78 is 6.69. The van der Waals surface area contributed by atoms with Crippen LogP contribution in [0.3, 0.4) is 0 Å². The minimum atomic E-state index is 0.438. The largest absolute Gasteiger partial charge is 0.397 e. The maximum Gasteiger partial charge on any atom is 0.0614 e. The van der Waals surface area contributed by atoms with E-state index in [9.17, 15) is 0 Å². The van der Waals surface area contributed by atoms with Crippen LogP contribution < -0.4 is 11.1 Å². The van der Waals surface area contributed by atoms with Crippen LogP contribution in [0.1, 0.15) is 19.8 Å². The Morgan fingerprint density at radius 2 is 2.25 bits per heavy atom. The highest BCUT2D eigenvalue weighted by Crippen LogP contribution is 2.29. The summed E-state index contributed by atoms with van der Waals surface area (Å²) in [7, 11) is 0. The Labute approximate surface area is 110 Å². The van der Waals surface area contributed by atoms with Crippen molar-refractivity contribution in [2.75, 3.05) is 17.7 Å². The summed E-state index contributed by atoms with van der Waals surface area (Å²) in [5, 5.41) is 3.45. The Kier molecular flexibility index (Phi) is 3.91. The van der Waals surface area contributed by atoms with Crippen LogP contribution >= 0.6 is 22.6 Å². The van der Waals surface area contributed by atoms with E-state index in [0.717, 1.165) is 30.8 Å². The number of nitrogen functional groups attached to an aromatic ring is 1. The molecule has 1 aliphatic carbocycles. The van der Waals surface area contributed by atoms with E-state index in [1.54, 1.807) is 0 Å². The summed E-state index contributed by atoms with van der Waals surface area (Å²) in [5.74, 6) is 0. The molecule has 1 aromatic rings. The van der Waals surface area contributed by atoms with Crippen LogP contribution in [-0.2, 0) is 4.74 Å². The Hall–Kier alpha value is -0.490. The lowest BCUT2D eigenvalue weighted by molar-refractivity contribution is 0.00300. The molecule has 16 heavy (non-hydrogen) atoms. The molecule has 0 saturated heterocycles. The molecule has 2 rings (SSSR count). The molecule has 3 N–H and O–H groups in total. The van der Waals surface area contributed by atoms with Crippen LogP contribution in [0, 0.1) is 3.57 Å². The summed E-state index contributed by atoms with van der Waals surface area (Å²) in [6.07, 6.45) is 2.60. The molecule has 4 heteroatoms. The van der Waals surface area contributed by atoms with E-state index in [1.165, 1.54) is 3.57 Å². The van der Waals surface area contributed by atoms with E-state index >= 15 is 0 Å². The highest BCUT2D eigenvalue weighted by atomic mass is 127. The van der Waals surface area contributed by atoms with Crippen LogP contribution in [0.4, 0.5) is 11.4 Å². The van der Waals surface area contributed by atoms with Gasteiger partial charge in [-0.2, -0.15) is 0 Å². The normalized spacial score (nSPS) is 23.9. The smallest absolute Gasteiger partial charge is 0.0614 e. The van der Waals surface area contributed by atoms with Crippen LogP contribution in [0.2, 0.25) is 0 Å². The predicted molar refractivity (Wildman–Crippen MR) is 75.6 cm³/mol. The molecular formula is C12H17IN2O. The Morgan fingerprint density at radius 3 is 2.88 bits per heavy atom. The second kappa shape index (κ2) is 5.23. The van der Waals surface area contributed by atoms with Gasteiger partial charge in [0.05, 0.1) is 17.5 Å². The van der Waals surface area contributed by atoms with Gasteiger partial charge in [-0.05, 0) is 60.6 Å². The number of hydrogen-bond acceptors (Lipinski definition) is 3. The Morgan fingerprint density at radius 1 is 1.50 bits per heavy atom. The highest BCUT2D eigenvalue weighted by Gasteiger charge is 2.29. The van der Waals surface area contributed by atoms with Crippen LogP contribution in [-0.4, -0.2) is 18.8 Å². The molecule has 1 aliphatic rings. The van der Waals surface area contributed by atoms with Gasteiger partial charge in [0.1, 0.15) is 0 Å². The molecule has 0 aliphatic heterocycles. The summed E-state index contributed by atoms with van der Waals surface area (Å²) >= 11 is 2.27. The van der Waals surface area contributed by atoms with Gasteiger partial charge in [-0.1, -0.05) is 0 Å². The summed E-state index contributed by atoms with van der Waals surface area (Å²) in [6.45, 7) is 2.85. The molecule has 88 valence electrons. The summed E-state index contributed by atoms with van der Waals surface area (Å²) in [5.41, 5.74) is 7.81. The van der Waals surface area contributed by atoms with Crippen molar-refractivity contribution in [3.8, 4) is 0 Å². The fourth-order valence-electron chi connectivity index (χ4n) is 1.94. The third-order valence-electron chi connectivity index (χ3n) is 2.87. The quantitative estimate of drug-likeness (QED) is 0.658. The monoisotopic (exact) mass is 332 g/mol. The van der Waals surface area contributed by atoms with E-state index in [1.807, 2.05) is 19.1 Å². The molecular weight excluding hydrogens is 315 g/mol. The van der Waals surface area contributed by atoms with Crippen molar-refractivity contribution in [1.82, 2.24) is 0 Å². The lowest BCUT2D eigenvalue weighted by Crippen LogP contribution is -2.40. The molecule has 0 atom stereocenters. The second-order valence-electron chi connectivity index (χ2n) is 4.12. The number of anilines is 2.